The van der Waals surface area contributed by atoms with Gasteiger partial charge in [0.15, 0.2) is 0 Å². The van der Waals surface area contributed by atoms with Gasteiger partial charge in [-0.25, -0.2) is 9.78 Å². The van der Waals surface area contributed by atoms with Gasteiger partial charge in [0.1, 0.15) is 5.15 Å². The number of benzene rings is 1. The highest BCUT2D eigenvalue weighted by Crippen LogP contribution is 2.21. The van der Waals surface area contributed by atoms with E-state index in [2.05, 4.69) is 20.0 Å². The van der Waals surface area contributed by atoms with E-state index in [1.54, 1.807) is 24.4 Å². The maximum absolute atomic E-state index is 11.5. The molecule has 0 aliphatic carbocycles. The molecule has 0 saturated heterocycles. The van der Waals surface area contributed by atoms with Crippen molar-refractivity contribution in [2.24, 2.45) is 0 Å². The van der Waals surface area contributed by atoms with Gasteiger partial charge < -0.3 is 10.1 Å². The minimum atomic E-state index is -0.485. The van der Waals surface area contributed by atoms with Crippen LogP contribution in [-0.2, 0) is 11.3 Å². The van der Waals surface area contributed by atoms with Crippen LogP contribution >= 0.6 is 23.2 Å². The minimum absolute atomic E-state index is 0.302. The Labute approximate surface area is 125 Å². The summed E-state index contributed by atoms with van der Waals surface area (Å²) >= 11 is 11.7. The predicted molar refractivity (Wildman–Crippen MR) is 77.2 cm³/mol. The Balaban J connectivity index is 2.12. The molecular weight excluding hydrogens is 301 g/mol. The second kappa shape index (κ2) is 6.54. The Morgan fingerprint density at radius 3 is 2.85 bits per heavy atom. The molecule has 2 rings (SSSR count). The van der Waals surface area contributed by atoms with Crippen molar-refractivity contribution in [3.63, 3.8) is 0 Å². The number of nitrogens with one attached hydrogen (secondary N) is 1. The Kier molecular flexibility index (Phi) is 4.76. The van der Waals surface area contributed by atoms with E-state index in [0.717, 1.165) is 5.69 Å². The third kappa shape index (κ3) is 3.59. The molecule has 1 N–H and O–H groups in total. The molecule has 0 radical (unpaired) electrons. The monoisotopic (exact) mass is 311 g/mol. The Morgan fingerprint density at radius 2 is 2.15 bits per heavy atom. The van der Waals surface area contributed by atoms with E-state index in [0.29, 0.717) is 28.0 Å². The number of nitrogens with zero attached hydrogens (tertiary/aromatic N) is 2. The van der Waals surface area contributed by atoms with E-state index in [1.165, 1.54) is 13.3 Å². The molecule has 0 saturated carbocycles. The number of methoxy groups -OCH3 is 1. The number of carbonyl (C=O) groups is 1. The SMILES string of the molecule is COC(=O)c1cc(NCc2cncc(Cl)n2)ccc1Cl. The number of ether oxygens (including phenoxy) is 1. The molecule has 0 aliphatic rings. The Hall–Kier alpha value is -1.85. The molecular formula is C13H11Cl2N3O2. The maximum Gasteiger partial charge on any atom is 0.339 e. The maximum atomic E-state index is 11.5. The molecule has 0 fully saturated rings. The van der Waals surface area contributed by atoms with Gasteiger partial charge in [-0.1, -0.05) is 23.2 Å². The lowest BCUT2D eigenvalue weighted by molar-refractivity contribution is 0.0601. The van der Waals surface area contributed by atoms with Crippen molar-refractivity contribution in [2.45, 2.75) is 6.54 Å². The first-order valence-corrected chi connectivity index (χ1v) is 6.44. The van der Waals surface area contributed by atoms with Gasteiger partial charge in [-0.2, -0.15) is 0 Å². The zero-order valence-corrected chi connectivity index (χ0v) is 12.1. The molecule has 0 unspecified atom stereocenters. The van der Waals surface area contributed by atoms with Gasteiger partial charge in [-0.15, -0.1) is 0 Å². The first kappa shape index (κ1) is 14.6. The lowest BCUT2D eigenvalue weighted by Crippen LogP contribution is -2.06. The second-order valence-corrected chi connectivity index (χ2v) is 4.67. The topological polar surface area (TPSA) is 64.1 Å². The van der Waals surface area contributed by atoms with Gasteiger partial charge >= 0.3 is 5.97 Å². The number of esters is 1. The summed E-state index contributed by atoms with van der Waals surface area (Å²) in [5, 5.41) is 3.77. The van der Waals surface area contributed by atoms with Crippen molar-refractivity contribution in [3.05, 3.63) is 52.0 Å². The molecule has 1 aromatic heterocycles. The highest BCUT2D eigenvalue weighted by Gasteiger charge is 2.11. The van der Waals surface area contributed by atoms with Crippen LogP contribution in [0.15, 0.2) is 30.6 Å². The molecule has 2 aromatic rings. The summed E-state index contributed by atoms with van der Waals surface area (Å²) in [5.74, 6) is -0.485. The third-order valence-electron chi connectivity index (χ3n) is 2.50. The van der Waals surface area contributed by atoms with Gasteiger partial charge in [0.2, 0.25) is 0 Å². The van der Waals surface area contributed by atoms with Crippen molar-refractivity contribution in [1.82, 2.24) is 9.97 Å². The predicted octanol–water partition coefficient (Wildman–Crippen LogP) is 3.18. The molecule has 0 bridgehead atoms. The number of hydrogen-bond acceptors (Lipinski definition) is 5. The van der Waals surface area contributed by atoms with Crippen molar-refractivity contribution >= 4 is 34.9 Å². The first-order valence-electron chi connectivity index (χ1n) is 5.68. The van der Waals surface area contributed by atoms with Crippen LogP contribution in [-0.4, -0.2) is 23.0 Å². The zero-order valence-electron chi connectivity index (χ0n) is 10.6. The highest BCUT2D eigenvalue weighted by atomic mass is 35.5. The quantitative estimate of drug-likeness (QED) is 0.879. The summed E-state index contributed by atoms with van der Waals surface area (Å²) in [6.45, 7) is 0.426. The molecule has 1 heterocycles. The van der Waals surface area contributed by atoms with E-state index in [4.69, 9.17) is 23.2 Å². The van der Waals surface area contributed by atoms with Crippen LogP contribution in [0.4, 0.5) is 5.69 Å². The molecule has 0 aliphatic heterocycles. The molecule has 1 aromatic carbocycles. The summed E-state index contributed by atoms with van der Waals surface area (Å²) in [7, 11) is 1.31. The number of rotatable bonds is 4. The van der Waals surface area contributed by atoms with E-state index in [-0.39, 0.29) is 0 Å². The smallest absolute Gasteiger partial charge is 0.339 e. The van der Waals surface area contributed by atoms with E-state index in [1.807, 2.05) is 0 Å². The van der Waals surface area contributed by atoms with Crippen molar-refractivity contribution < 1.29 is 9.53 Å². The van der Waals surface area contributed by atoms with Gasteiger partial charge in [-0.05, 0) is 18.2 Å². The van der Waals surface area contributed by atoms with Crippen molar-refractivity contribution in [1.29, 1.82) is 0 Å². The molecule has 7 heteroatoms. The van der Waals surface area contributed by atoms with Crippen LogP contribution in [0.1, 0.15) is 16.1 Å². The number of anilines is 1. The third-order valence-corrected chi connectivity index (χ3v) is 3.01. The van der Waals surface area contributed by atoms with Crippen LogP contribution in [0.25, 0.3) is 0 Å². The van der Waals surface area contributed by atoms with Crippen LogP contribution < -0.4 is 5.32 Å². The Morgan fingerprint density at radius 1 is 1.35 bits per heavy atom. The summed E-state index contributed by atoms with van der Waals surface area (Å²) < 4.78 is 4.66. The summed E-state index contributed by atoms with van der Waals surface area (Å²) in [6, 6.07) is 5.00. The van der Waals surface area contributed by atoms with Gasteiger partial charge in [0.05, 0.1) is 42.3 Å². The molecule has 5 nitrogen and oxygen atoms in total. The zero-order chi connectivity index (χ0) is 14.5. The molecule has 20 heavy (non-hydrogen) atoms. The van der Waals surface area contributed by atoms with Crippen molar-refractivity contribution in [3.8, 4) is 0 Å². The minimum Gasteiger partial charge on any atom is -0.465 e. The lowest BCUT2D eigenvalue weighted by atomic mass is 10.2. The van der Waals surface area contributed by atoms with E-state index < -0.39 is 5.97 Å². The fourth-order valence-corrected chi connectivity index (χ4v) is 1.92. The number of halogens is 2. The van der Waals surface area contributed by atoms with Crippen LogP contribution in [0.5, 0.6) is 0 Å². The first-order chi connectivity index (χ1) is 9.60. The average molecular weight is 312 g/mol. The fourth-order valence-electron chi connectivity index (χ4n) is 1.56. The average Bonchev–Trinajstić information content (AvgIpc) is 2.45. The molecule has 104 valence electrons. The van der Waals surface area contributed by atoms with Crippen LogP contribution in [0, 0.1) is 0 Å². The number of aromatic nitrogens is 2. The summed E-state index contributed by atoms with van der Waals surface area (Å²) in [5.41, 5.74) is 1.71. The second-order valence-electron chi connectivity index (χ2n) is 3.87. The molecule has 0 amide bonds. The van der Waals surface area contributed by atoms with E-state index in [9.17, 15) is 4.79 Å². The lowest BCUT2D eigenvalue weighted by Gasteiger charge is -2.08. The molecule has 0 atom stereocenters. The van der Waals surface area contributed by atoms with Gasteiger partial charge in [-0.3, -0.25) is 4.98 Å². The normalized spacial score (nSPS) is 10.2. The van der Waals surface area contributed by atoms with Crippen LogP contribution in [0.3, 0.4) is 0 Å². The van der Waals surface area contributed by atoms with Crippen LogP contribution in [0.2, 0.25) is 10.2 Å². The largest absolute Gasteiger partial charge is 0.465 e. The fraction of sp³-hybridized carbons (Fsp3) is 0.154. The van der Waals surface area contributed by atoms with Gasteiger partial charge in [0, 0.05) is 5.69 Å². The Bertz CT molecular complexity index is 635. The molecule has 0 spiro atoms. The highest BCUT2D eigenvalue weighted by molar-refractivity contribution is 6.33. The van der Waals surface area contributed by atoms with Gasteiger partial charge in [0.25, 0.3) is 0 Å². The summed E-state index contributed by atoms with van der Waals surface area (Å²) in [6.07, 6.45) is 3.07. The number of hydrogen-bond donors (Lipinski definition) is 1. The van der Waals surface area contributed by atoms with E-state index >= 15 is 0 Å². The van der Waals surface area contributed by atoms with Crippen molar-refractivity contribution in [2.75, 3.05) is 12.4 Å². The summed E-state index contributed by atoms with van der Waals surface area (Å²) in [4.78, 5) is 19.6. The number of carbonyl (C=O) groups excluding carboxylic acids is 1. The standard InChI is InChI=1S/C13H11Cl2N3O2/c1-20-13(19)10-4-8(2-3-11(10)14)17-6-9-5-16-7-12(15)18-9/h2-5,7,17H,6H2,1H3.